The van der Waals surface area contributed by atoms with Crippen molar-refractivity contribution in [1.29, 1.82) is 0 Å². The lowest BCUT2D eigenvalue weighted by molar-refractivity contribution is 0.0333. The Bertz CT molecular complexity index is 1300. The lowest BCUT2D eigenvalue weighted by atomic mass is 9.97. The van der Waals surface area contributed by atoms with Gasteiger partial charge in [0.15, 0.2) is 9.84 Å². The van der Waals surface area contributed by atoms with Crippen molar-refractivity contribution in [3.63, 3.8) is 0 Å². The molecule has 3 saturated heterocycles. The van der Waals surface area contributed by atoms with Crippen molar-refractivity contribution in [2.75, 3.05) is 31.6 Å². The fraction of sp³-hybridized carbons (Fsp3) is 0.692. The third-order valence-electron chi connectivity index (χ3n) is 8.46. The second-order valence-corrected chi connectivity index (χ2v) is 13.6. The molecule has 2 bridgehead atoms. The van der Waals surface area contributed by atoms with Crippen LogP contribution in [0.25, 0.3) is 11.0 Å². The van der Waals surface area contributed by atoms with Crippen LogP contribution >= 0.6 is 0 Å². The molecule has 37 heavy (non-hydrogen) atoms. The Morgan fingerprint density at radius 2 is 1.78 bits per heavy atom. The summed E-state index contributed by atoms with van der Waals surface area (Å²) in [6, 6.07) is 7.42. The van der Waals surface area contributed by atoms with Crippen molar-refractivity contribution in [3.8, 4) is 0 Å². The van der Waals surface area contributed by atoms with E-state index in [1.165, 1.54) is 4.57 Å². The number of aliphatic hydroxyl groups is 1. The molecule has 10 nitrogen and oxygen atoms in total. The lowest BCUT2D eigenvalue weighted by Gasteiger charge is -2.40. The van der Waals surface area contributed by atoms with Crippen molar-refractivity contribution in [1.82, 2.24) is 24.3 Å². The van der Waals surface area contributed by atoms with E-state index in [-0.39, 0.29) is 53.4 Å². The second-order valence-electron chi connectivity index (χ2n) is 11.4. The van der Waals surface area contributed by atoms with E-state index in [0.717, 1.165) is 31.2 Å². The molecule has 1 aromatic heterocycles. The lowest BCUT2D eigenvalue weighted by Crippen LogP contribution is -2.54. The average molecular weight is 534 g/mol. The highest BCUT2D eigenvalue weighted by Gasteiger charge is 2.42. The third kappa shape index (κ3) is 5.23. The van der Waals surface area contributed by atoms with Gasteiger partial charge in [-0.25, -0.2) is 22.6 Å². The van der Waals surface area contributed by atoms with E-state index in [0.29, 0.717) is 25.0 Å². The summed E-state index contributed by atoms with van der Waals surface area (Å²) in [7, 11) is -1.06. The third-order valence-corrected chi connectivity index (χ3v) is 10.2. The maximum Gasteiger partial charge on any atom is 0.337 e. The molecule has 5 rings (SSSR count). The number of para-hydroxylation sites is 2. The fourth-order valence-corrected chi connectivity index (χ4v) is 8.51. The summed E-state index contributed by atoms with van der Waals surface area (Å²) in [6.45, 7) is 4.86. The summed E-state index contributed by atoms with van der Waals surface area (Å²) >= 11 is 0. The predicted molar refractivity (Wildman–Crippen MR) is 143 cm³/mol. The Kier molecular flexibility index (Phi) is 7.25. The Hall–Kier alpha value is -2.21. The van der Waals surface area contributed by atoms with Crippen LogP contribution in [0.1, 0.15) is 52.0 Å². The smallest absolute Gasteiger partial charge is 0.337 e. The molecule has 11 heteroatoms. The first-order valence-corrected chi connectivity index (χ1v) is 15.2. The highest BCUT2D eigenvalue weighted by Crippen LogP contribution is 2.36. The molecule has 1 aromatic carbocycles. The van der Waals surface area contributed by atoms with E-state index < -0.39 is 15.9 Å². The molecule has 3 aliphatic heterocycles. The average Bonchev–Trinajstić information content (AvgIpc) is 3.41. The van der Waals surface area contributed by atoms with E-state index in [1.807, 2.05) is 44.0 Å². The predicted octanol–water partition coefficient (Wildman–Crippen LogP) is 1.42. The molecule has 3 unspecified atom stereocenters. The van der Waals surface area contributed by atoms with Crippen molar-refractivity contribution >= 4 is 26.9 Å². The van der Waals surface area contributed by atoms with Gasteiger partial charge < -0.3 is 10.4 Å². The number of benzene rings is 1. The number of nitrogens with zero attached hydrogens (tertiary/aromatic N) is 4. The number of sulfone groups is 1. The van der Waals surface area contributed by atoms with Gasteiger partial charge in [0.05, 0.1) is 28.6 Å². The summed E-state index contributed by atoms with van der Waals surface area (Å²) in [5.74, 6) is 0.400. The van der Waals surface area contributed by atoms with E-state index in [9.17, 15) is 23.1 Å². The van der Waals surface area contributed by atoms with Gasteiger partial charge in [0.25, 0.3) is 0 Å². The van der Waals surface area contributed by atoms with Gasteiger partial charge in [0, 0.05) is 43.3 Å². The maximum absolute atomic E-state index is 13.3. The zero-order valence-corrected chi connectivity index (χ0v) is 22.7. The number of nitrogens with one attached hydrogen (secondary N) is 1. The first-order chi connectivity index (χ1) is 17.5. The Morgan fingerprint density at radius 1 is 1.14 bits per heavy atom. The highest BCUT2D eigenvalue weighted by molar-refractivity contribution is 7.91. The number of likely N-dealkylation sites (N-methyl/N-ethyl adjacent to an activating group) is 1. The molecule has 204 valence electrons. The number of rotatable bonds is 7. The molecular weight excluding hydrogens is 494 g/mol. The van der Waals surface area contributed by atoms with Gasteiger partial charge in [0.2, 0.25) is 0 Å². The first kappa shape index (κ1) is 26.4. The minimum absolute atomic E-state index is 0.0256. The summed E-state index contributed by atoms with van der Waals surface area (Å²) in [5, 5.41) is 13.9. The second kappa shape index (κ2) is 10.2. The standard InChI is InChI=1S/C26H39N5O5S/c1-17(2)30-23-6-4-5-7-24(23)31(26(30)34)25(33)27-18-12-19-8-9-20(13-18)29(19)15-22(32)14-28(3)21-10-11-37(35,36)16-21/h4-7,17-22,32H,8-16H2,1-3H3,(H,27,33)/t18?,19?,20?,21-,22?/m0/s1. The number of imidazole rings is 1. The zero-order chi connectivity index (χ0) is 26.5. The largest absolute Gasteiger partial charge is 0.390 e. The molecule has 3 fully saturated rings. The quantitative estimate of drug-likeness (QED) is 0.553. The van der Waals surface area contributed by atoms with Crippen LogP contribution in [-0.2, 0) is 9.84 Å². The van der Waals surface area contributed by atoms with Crippen molar-refractivity contribution < 1.29 is 18.3 Å². The Morgan fingerprint density at radius 3 is 2.38 bits per heavy atom. The van der Waals surface area contributed by atoms with Crippen molar-refractivity contribution in [2.45, 2.75) is 82.3 Å². The number of carbonyl (C=O) groups excluding carboxylic acids is 1. The number of piperidine rings is 1. The maximum atomic E-state index is 13.3. The number of carbonyl (C=O) groups is 1. The van der Waals surface area contributed by atoms with Crippen molar-refractivity contribution in [3.05, 3.63) is 34.7 Å². The molecule has 0 saturated carbocycles. The number of hydrogen-bond acceptors (Lipinski definition) is 7. The van der Waals surface area contributed by atoms with Crippen LogP contribution in [0.5, 0.6) is 0 Å². The molecule has 2 N–H and O–H groups in total. The summed E-state index contributed by atoms with van der Waals surface area (Å²) in [5.41, 5.74) is 1.04. The van der Waals surface area contributed by atoms with E-state index in [1.54, 1.807) is 10.6 Å². The summed E-state index contributed by atoms with van der Waals surface area (Å²) < 4.78 is 26.5. The molecule has 0 aliphatic carbocycles. The SMILES string of the molecule is CC(C)n1c(=O)n(C(=O)NC2CC3CCC(C2)N3CC(O)CN(C)[C@H]2CCS(=O)(=O)C2)c2ccccc21. The zero-order valence-electron chi connectivity index (χ0n) is 21.9. The van der Waals surface area contributed by atoms with Crippen LogP contribution in [-0.4, -0.2) is 100 Å². The van der Waals surface area contributed by atoms with Gasteiger partial charge in [-0.05, 0) is 65.1 Å². The van der Waals surface area contributed by atoms with Crippen molar-refractivity contribution in [2.24, 2.45) is 0 Å². The number of aromatic nitrogens is 2. The normalized spacial score (nSPS) is 28.4. The van der Waals surface area contributed by atoms with Gasteiger partial charge in [-0.2, -0.15) is 0 Å². The first-order valence-electron chi connectivity index (χ1n) is 13.4. The number of hydrogen-bond donors (Lipinski definition) is 2. The molecule has 0 spiro atoms. The van der Waals surface area contributed by atoms with Gasteiger partial charge in [0.1, 0.15) is 0 Å². The Balaban J connectivity index is 1.21. The number of amides is 1. The van der Waals surface area contributed by atoms with E-state index in [4.69, 9.17) is 0 Å². The molecular formula is C26H39N5O5S. The van der Waals surface area contributed by atoms with Gasteiger partial charge in [-0.15, -0.1) is 0 Å². The van der Waals surface area contributed by atoms with Crippen LogP contribution in [0.15, 0.2) is 29.1 Å². The van der Waals surface area contributed by atoms with Crippen LogP contribution in [0, 0.1) is 0 Å². The summed E-state index contributed by atoms with van der Waals surface area (Å²) in [4.78, 5) is 30.8. The number of aliphatic hydroxyl groups excluding tert-OH is 1. The van der Waals surface area contributed by atoms with Gasteiger partial charge in [-0.3, -0.25) is 14.4 Å². The van der Waals surface area contributed by atoms with Gasteiger partial charge >= 0.3 is 11.7 Å². The molecule has 1 amide bonds. The topological polar surface area (TPSA) is 117 Å². The molecule has 3 aliphatic rings. The molecule has 4 heterocycles. The highest BCUT2D eigenvalue weighted by atomic mass is 32.2. The fourth-order valence-electron chi connectivity index (χ4n) is 6.70. The van der Waals surface area contributed by atoms with Gasteiger partial charge in [-0.1, -0.05) is 12.1 Å². The van der Waals surface area contributed by atoms with Crippen LogP contribution < -0.4 is 11.0 Å². The Labute approximate surface area is 218 Å². The van der Waals surface area contributed by atoms with Crippen LogP contribution in [0.4, 0.5) is 4.79 Å². The van der Waals surface area contributed by atoms with E-state index >= 15 is 0 Å². The molecule has 2 aromatic rings. The number of fused-ring (bicyclic) bond motifs is 3. The molecule has 4 atom stereocenters. The molecule has 0 radical (unpaired) electrons. The van der Waals surface area contributed by atoms with E-state index in [2.05, 4.69) is 10.2 Å². The monoisotopic (exact) mass is 533 g/mol. The summed E-state index contributed by atoms with van der Waals surface area (Å²) in [6.07, 6.45) is 3.66. The van der Waals surface area contributed by atoms with Crippen LogP contribution in [0.2, 0.25) is 0 Å². The minimum atomic E-state index is -2.96. The minimum Gasteiger partial charge on any atom is -0.390 e. The van der Waals surface area contributed by atoms with Crippen LogP contribution in [0.3, 0.4) is 0 Å².